The maximum Gasteiger partial charge on any atom is 0.191 e. The van der Waals surface area contributed by atoms with Crippen molar-refractivity contribution >= 4 is 29.9 Å². The number of benzene rings is 2. The lowest BCUT2D eigenvalue weighted by Crippen LogP contribution is -2.44. The van der Waals surface area contributed by atoms with E-state index in [1.165, 1.54) is 0 Å². The van der Waals surface area contributed by atoms with Crippen LogP contribution in [0, 0.1) is 0 Å². The number of nitrogens with one attached hydrogen (secondary N) is 2. The molecule has 1 atom stereocenters. The third-order valence-corrected chi connectivity index (χ3v) is 4.72. The number of nitrogens with zero attached hydrogens (tertiary/aromatic N) is 3. The van der Waals surface area contributed by atoms with Crippen LogP contribution < -0.4 is 15.4 Å². The molecule has 8 heteroatoms. The van der Waals surface area contributed by atoms with Crippen molar-refractivity contribution in [3.63, 3.8) is 0 Å². The Kier molecular flexibility index (Phi) is 9.32. The summed E-state index contributed by atoms with van der Waals surface area (Å²) < 4.78 is 7.00. The minimum Gasteiger partial charge on any atom is -0.497 e. The van der Waals surface area contributed by atoms with Gasteiger partial charge < -0.3 is 20.5 Å². The normalized spacial score (nSPS) is 13.1. The van der Waals surface area contributed by atoms with Crippen LogP contribution in [-0.2, 0) is 12.1 Å². The summed E-state index contributed by atoms with van der Waals surface area (Å²) in [5.41, 5.74) is 1.65. The number of aliphatic hydroxyl groups is 1. The average Bonchev–Trinajstić information content (AvgIpc) is 3.25. The summed E-state index contributed by atoms with van der Waals surface area (Å²) in [7, 11) is 1.65. The summed E-state index contributed by atoms with van der Waals surface area (Å²) in [5, 5.41) is 21.8. The Morgan fingerprint density at radius 3 is 2.45 bits per heavy atom. The molecular formula is C23H30IN5O2. The Morgan fingerprint density at radius 1 is 1.10 bits per heavy atom. The average molecular weight is 535 g/mol. The van der Waals surface area contributed by atoms with Crippen molar-refractivity contribution in [1.82, 2.24) is 20.4 Å². The number of halogens is 1. The van der Waals surface area contributed by atoms with Crippen LogP contribution in [0.4, 0.5) is 0 Å². The SMILES string of the molecule is CCNC(=NCc1ccn(-c2ccc(OC)cc2)n1)NCC(C)(O)c1ccccc1.I. The van der Waals surface area contributed by atoms with Crippen molar-refractivity contribution in [3.8, 4) is 11.4 Å². The van der Waals surface area contributed by atoms with E-state index in [2.05, 4.69) is 20.7 Å². The second-order valence-corrected chi connectivity index (χ2v) is 7.14. The lowest BCUT2D eigenvalue weighted by atomic mass is 9.96. The predicted molar refractivity (Wildman–Crippen MR) is 134 cm³/mol. The molecule has 7 nitrogen and oxygen atoms in total. The van der Waals surface area contributed by atoms with Crippen LogP contribution in [0.15, 0.2) is 71.9 Å². The first-order valence-electron chi connectivity index (χ1n) is 10.0. The van der Waals surface area contributed by atoms with E-state index in [4.69, 9.17) is 4.74 Å². The summed E-state index contributed by atoms with van der Waals surface area (Å²) in [6.07, 6.45) is 1.91. The van der Waals surface area contributed by atoms with Gasteiger partial charge in [0.2, 0.25) is 0 Å². The van der Waals surface area contributed by atoms with Gasteiger partial charge in [-0.15, -0.1) is 24.0 Å². The van der Waals surface area contributed by atoms with E-state index in [0.29, 0.717) is 19.0 Å². The van der Waals surface area contributed by atoms with Gasteiger partial charge in [0.25, 0.3) is 0 Å². The van der Waals surface area contributed by atoms with Crippen LogP contribution >= 0.6 is 24.0 Å². The Morgan fingerprint density at radius 2 is 1.81 bits per heavy atom. The van der Waals surface area contributed by atoms with E-state index in [-0.39, 0.29) is 24.0 Å². The van der Waals surface area contributed by atoms with Gasteiger partial charge in [-0.05, 0) is 49.7 Å². The first-order chi connectivity index (χ1) is 14.5. The number of hydrogen-bond donors (Lipinski definition) is 3. The number of aliphatic imine (C=N–C) groups is 1. The molecule has 31 heavy (non-hydrogen) atoms. The van der Waals surface area contributed by atoms with Crippen molar-refractivity contribution in [2.24, 2.45) is 4.99 Å². The van der Waals surface area contributed by atoms with Gasteiger partial charge in [-0.1, -0.05) is 30.3 Å². The van der Waals surface area contributed by atoms with Crippen molar-refractivity contribution in [2.75, 3.05) is 20.2 Å². The van der Waals surface area contributed by atoms with E-state index >= 15 is 0 Å². The van der Waals surface area contributed by atoms with Gasteiger partial charge in [0.15, 0.2) is 5.96 Å². The monoisotopic (exact) mass is 535 g/mol. The van der Waals surface area contributed by atoms with Gasteiger partial charge in [-0.3, -0.25) is 0 Å². The van der Waals surface area contributed by atoms with E-state index in [1.54, 1.807) is 14.0 Å². The topological polar surface area (TPSA) is 83.7 Å². The molecule has 0 saturated carbocycles. The first-order valence-corrected chi connectivity index (χ1v) is 10.0. The highest BCUT2D eigenvalue weighted by Crippen LogP contribution is 2.19. The van der Waals surface area contributed by atoms with Gasteiger partial charge in [0, 0.05) is 12.7 Å². The van der Waals surface area contributed by atoms with Crippen molar-refractivity contribution in [1.29, 1.82) is 0 Å². The Labute approximate surface area is 200 Å². The summed E-state index contributed by atoms with van der Waals surface area (Å²) in [6, 6.07) is 19.3. The Hall–Kier alpha value is -2.59. The molecule has 0 bridgehead atoms. The molecule has 1 aromatic heterocycles. The van der Waals surface area contributed by atoms with E-state index in [9.17, 15) is 5.11 Å². The fourth-order valence-electron chi connectivity index (χ4n) is 2.98. The Bertz CT molecular complexity index is 956. The van der Waals surface area contributed by atoms with E-state index in [0.717, 1.165) is 29.2 Å². The molecule has 0 aliphatic heterocycles. The Balaban J connectivity index is 0.00000341. The maximum atomic E-state index is 10.8. The summed E-state index contributed by atoms with van der Waals surface area (Å²) in [4.78, 5) is 4.60. The van der Waals surface area contributed by atoms with Crippen molar-refractivity contribution in [3.05, 3.63) is 78.1 Å². The quantitative estimate of drug-likeness (QED) is 0.234. The fourth-order valence-corrected chi connectivity index (χ4v) is 2.98. The molecule has 3 N–H and O–H groups in total. The molecule has 0 fully saturated rings. The van der Waals surface area contributed by atoms with Gasteiger partial charge in [-0.25, -0.2) is 9.67 Å². The fraction of sp³-hybridized carbons (Fsp3) is 0.304. The van der Waals surface area contributed by atoms with Crippen LogP contribution in [-0.4, -0.2) is 41.0 Å². The number of hydrogen-bond acceptors (Lipinski definition) is 4. The van der Waals surface area contributed by atoms with Gasteiger partial charge in [0.1, 0.15) is 11.4 Å². The van der Waals surface area contributed by atoms with Gasteiger partial charge >= 0.3 is 0 Å². The number of ether oxygens (including phenoxy) is 1. The molecule has 0 aliphatic rings. The van der Waals surface area contributed by atoms with Crippen LogP contribution in [0.2, 0.25) is 0 Å². The molecule has 166 valence electrons. The van der Waals surface area contributed by atoms with Crippen LogP contribution in [0.3, 0.4) is 0 Å². The van der Waals surface area contributed by atoms with Crippen molar-refractivity contribution < 1.29 is 9.84 Å². The zero-order valence-corrected chi connectivity index (χ0v) is 20.4. The zero-order valence-electron chi connectivity index (χ0n) is 18.1. The molecule has 3 rings (SSSR count). The number of rotatable bonds is 8. The highest BCUT2D eigenvalue weighted by atomic mass is 127. The minimum absolute atomic E-state index is 0. The van der Waals surface area contributed by atoms with E-state index in [1.807, 2.05) is 78.5 Å². The smallest absolute Gasteiger partial charge is 0.191 e. The molecule has 0 saturated heterocycles. The summed E-state index contributed by atoms with van der Waals surface area (Å²) >= 11 is 0. The molecule has 0 spiro atoms. The second-order valence-electron chi connectivity index (χ2n) is 7.14. The molecular weight excluding hydrogens is 505 g/mol. The number of guanidine groups is 1. The molecule has 1 heterocycles. The first kappa shape index (κ1) is 24.7. The molecule has 0 aliphatic carbocycles. The maximum absolute atomic E-state index is 10.8. The lowest BCUT2D eigenvalue weighted by molar-refractivity contribution is 0.0617. The molecule has 3 aromatic rings. The molecule has 0 radical (unpaired) electrons. The van der Waals surface area contributed by atoms with Gasteiger partial charge in [-0.2, -0.15) is 5.10 Å². The molecule has 2 aromatic carbocycles. The van der Waals surface area contributed by atoms with Gasteiger partial charge in [0.05, 0.1) is 31.6 Å². The third-order valence-electron chi connectivity index (χ3n) is 4.72. The largest absolute Gasteiger partial charge is 0.497 e. The highest BCUT2D eigenvalue weighted by Gasteiger charge is 2.22. The summed E-state index contributed by atoms with van der Waals surface area (Å²) in [5.74, 6) is 1.44. The lowest BCUT2D eigenvalue weighted by Gasteiger charge is -2.25. The summed E-state index contributed by atoms with van der Waals surface area (Å²) in [6.45, 7) is 5.27. The standard InChI is InChI=1S/C23H29N5O2.HI/c1-4-24-22(26-17-23(2,29)18-8-6-5-7-9-18)25-16-19-14-15-28(27-19)20-10-12-21(30-3)13-11-20;/h5-15,29H,4,16-17H2,1-3H3,(H2,24,25,26);1H. The minimum atomic E-state index is -1.01. The van der Waals surface area contributed by atoms with Crippen molar-refractivity contribution in [2.45, 2.75) is 26.0 Å². The predicted octanol–water partition coefficient (Wildman–Crippen LogP) is 3.46. The van der Waals surface area contributed by atoms with Crippen LogP contribution in [0.5, 0.6) is 5.75 Å². The highest BCUT2D eigenvalue weighted by molar-refractivity contribution is 14.0. The molecule has 0 amide bonds. The number of methoxy groups -OCH3 is 1. The number of aromatic nitrogens is 2. The van der Waals surface area contributed by atoms with Crippen LogP contribution in [0.1, 0.15) is 25.1 Å². The second kappa shape index (κ2) is 11.7. The third kappa shape index (κ3) is 6.96. The zero-order chi connectivity index (χ0) is 21.4. The molecule has 1 unspecified atom stereocenters. The van der Waals surface area contributed by atoms with Crippen LogP contribution in [0.25, 0.3) is 5.69 Å². The van der Waals surface area contributed by atoms with E-state index < -0.39 is 5.60 Å².